The van der Waals surface area contributed by atoms with Crippen LogP contribution >= 0.6 is 11.3 Å². The summed E-state index contributed by atoms with van der Waals surface area (Å²) < 4.78 is 33.9. The van der Waals surface area contributed by atoms with E-state index in [2.05, 4.69) is 14.8 Å². The molecule has 0 atom stereocenters. The van der Waals surface area contributed by atoms with Crippen molar-refractivity contribution in [2.45, 2.75) is 0 Å². The van der Waals surface area contributed by atoms with Gasteiger partial charge in [0, 0.05) is 22.6 Å². The average Bonchev–Trinajstić information content (AvgIpc) is 3.32. The van der Waals surface area contributed by atoms with Gasteiger partial charge in [-0.05, 0) is 23.8 Å². The predicted octanol–water partition coefficient (Wildman–Crippen LogP) is 3.61. The molecule has 0 aliphatic carbocycles. The summed E-state index contributed by atoms with van der Waals surface area (Å²) in [5.41, 5.74) is 7.80. The van der Waals surface area contributed by atoms with E-state index in [0.29, 0.717) is 21.5 Å². The maximum atomic E-state index is 14.8. The Hall–Kier alpha value is -4.18. The minimum atomic E-state index is -0.901. The molecule has 3 aromatic heterocycles. The standard InChI is InChI=1S/C23H14F2N4O3S/c1-29-19(23(31)32-28-29)20(30)21-18(26)17-14(13-8-7-12(24)9-15(13)25)10-16(27-22(17)33-21)11-5-3-2-4-6-11/h2-10H,1H3,(H2-,26,28,30,31). The van der Waals surface area contributed by atoms with E-state index < -0.39 is 23.4 Å². The molecular weight excluding hydrogens is 450 g/mol. The zero-order chi connectivity index (χ0) is 23.3. The van der Waals surface area contributed by atoms with E-state index in [-0.39, 0.29) is 21.8 Å². The van der Waals surface area contributed by atoms with Crippen LogP contribution in [0.3, 0.4) is 0 Å². The van der Waals surface area contributed by atoms with E-state index in [0.717, 1.165) is 33.7 Å². The Morgan fingerprint density at radius 2 is 1.88 bits per heavy atom. The van der Waals surface area contributed by atoms with Gasteiger partial charge in [0.25, 0.3) is 5.78 Å². The van der Waals surface area contributed by atoms with Gasteiger partial charge in [0.05, 0.1) is 16.7 Å². The van der Waals surface area contributed by atoms with Crippen LogP contribution in [0.15, 0.2) is 59.1 Å². The van der Waals surface area contributed by atoms with Crippen molar-refractivity contribution in [1.29, 1.82) is 0 Å². The number of benzene rings is 2. The number of aryl methyl sites for hydroxylation is 1. The van der Waals surface area contributed by atoms with Crippen molar-refractivity contribution in [1.82, 2.24) is 10.3 Å². The van der Waals surface area contributed by atoms with Crippen LogP contribution in [0.4, 0.5) is 14.5 Å². The average molecular weight is 464 g/mol. The Bertz CT molecular complexity index is 1530. The number of ketones is 1. The molecule has 3 heterocycles. The molecule has 164 valence electrons. The lowest BCUT2D eigenvalue weighted by molar-refractivity contribution is -0.741. The van der Waals surface area contributed by atoms with Gasteiger partial charge in [0.2, 0.25) is 0 Å². The van der Waals surface area contributed by atoms with Gasteiger partial charge in [-0.15, -0.1) is 11.3 Å². The Morgan fingerprint density at radius 3 is 2.55 bits per heavy atom. The first-order valence-corrected chi connectivity index (χ1v) is 10.5. The van der Waals surface area contributed by atoms with Crippen LogP contribution in [0.5, 0.6) is 5.95 Å². The number of carbonyl (C=O) groups excluding carboxylic acids is 1. The second kappa shape index (κ2) is 7.75. The zero-order valence-electron chi connectivity index (χ0n) is 17.0. The number of nitrogen functional groups attached to an aromatic ring is 1. The molecule has 0 unspecified atom stereocenters. The quantitative estimate of drug-likeness (QED) is 0.322. The number of carbonyl (C=O) groups is 1. The minimum absolute atomic E-state index is 0.0337. The number of aromatic nitrogens is 3. The number of nitrogens with two attached hydrogens (primary N) is 1. The third kappa shape index (κ3) is 3.40. The van der Waals surface area contributed by atoms with Crippen LogP contribution < -0.4 is 15.5 Å². The molecule has 7 nitrogen and oxygen atoms in total. The van der Waals surface area contributed by atoms with E-state index in [9.17, 15) is 18.7 Å². The van der Waals surface area contributed by atoms with Crippen molar-refractivity contribution in [3.8, 4) is 28.3 Å². The normalized spacial score (nSPS) is 11.2. The molecule has 2 aromatic carbocycles. The third-order valence-electron chi connectivity index (χ3n) is 5.17. The molecule has 0 aliphatic heterocycles. The number of pyridine rings is 1. The van der Waals surface area contributed by atoms with E-state index in [1.54, 1.807) is 6.07 Å². The van der Waals surface area contributed by atoms with E-state index in [1.165, 1.54) is 13.1 Å². The van der Waals surface area contributed by atoms with Gasteiger partial charge in [0.15, 0.2) is 13.0 Å². The fourth-order valence-corrected chi connectivity index (χ4v) is 4.69. The summed E-state index contributed by atoms with van der Waals surface area (Å²) in [4.78, 5) is 18.2. The highest BCUT2D eigenvalue weighted by molar-refractivity contribution is 7.21. The first kappa shape index (κ1) is 20.7. The molecule has 0 saturated carbocycles. The Morgan fingerprint density at radius 1 is 1.12 bits per heavy atom. The van der Waals surface area contributed by atoms with Crippen molar-refractivity contribution >= 4 is 33.0 Å². The van der Waals surface area contributed by atoms with E-state index in [1.807, 2.05) is 30.3 Å². The number of anilines is 1. The van der Waals surface area contributed by atoms with Crippen LogP contribution in [0, 0.1) is 11.6 Å². The Kier molecular flexibility index (Phi) is 4.86. The number of halogens is 2. The molecule has 10 heteroatoms. The number of hydrogen-bond donors (Lipinski definition) is 1. The number of hydrogen-bond acceptors (Lipinski definition) is 7. The summed E-state index contributed by atoms with van der Waals surface area (Å²) in [6.45, 7) is 0. The van der Waals surface area contributed by atoms with Gasteiger partial charge in [-0.1, -0.05) is 35.0 Å². The molecule has 0 radical (unpaired) electrons. The van der Waals surface area contributed by atoms with Crippen LogP contribution in [-0.2, 0) is 7.05 Å². The molecule has 0 bridgehead atoms. The van der Waals surface area contributed by atoms with Crippen LogP contribution in [0.25, 0.3) is 32.6 Å². The van der Waals surface area contributed by atoms with E-state index in [4.69, 9.17) is 5.73 Å². The number of rotatable bonds is 4. The number of thiophene rings is 1. The lowest BCUT2D eigenvalue weighted by atomic mass is 9.98. The summed E-state index contributed by atoms with van der Waals surface area (Å²) in [6.07, 6.45) is 0. The summed E-state index contributed by atoms with van der Waals surface area (Å²) in [7, 11) is 1.40. The summed E-state index contributed by atoms with van der Waals surface area (Å²) >= 11 is 0.970. The highest BCUT2D eigenvalue weighted by atomic mass is 32.1. The summed E-state index contributed by atoms with van der Waals surface area (Å²) in [5.74, 6) is -3.09. The van der Waals surface area contributed by atoms with Crippen LogP contribution in [0.1, 0.15) is 15.4 Å². The van der Waals surface area contributed by atoms with Gasteiger partial charge in [-0.25, -0.2) is 13.8 Å². The molecule has 0 saturated heterocycles. The monoisotopic (exact) mass is 464 g/mol. The molecule has 5 rings (SSSR count). The maximum Gasteiger partial charge on any atom is 0.305 e. The molecule has 0 fully saturated rings. The second-order valence-corrected chi connectivity index (χ2v) is 8.23. The number of fused-ring (bicyclic) bond motifs is 1. The highest BCUT2D eigenvalue weighted by Gasteiger charge is 2.30. The maximum absolute atomic E-state index is 14.8. The van der Waals surface area contributed by atoms with Crippen LogP contribution in [-0.4, -0.2) is 16.0 Å². The molecular formula is C23H14F2N4O3S. The van der Waals surface area contributed by atoms with E-state index >= 15 is 0 Å². The zero-order valence-corrected chi connectivity index (χ0v) is 17.8. The molecule has 2 N–H and O–H groups in total. The van der Waals surface area contributed by atoms with Gasteiger partial charge in [-0.3, -0.25) is 4.79 Å². The molecule has 5 aromatic rings. The Balaban J connectivity index is 1.81. The third-order valence-corrected chi connectivity index (χ3v) is 6.27. The Labute approximate surface area is 189 Å². The topological polar surface area (TPSA) is 109 Å². The van der Waals surface area contributed by atoms with Gasteiger partial charge < -0.3 is 15.4 Å². The van der Waals surface area contributed by atoms with Gasteiger partial charge in [-0.2, -0.15) is 0 Å². The van der Waals surface area contributed by atoms with Crippen molar-refractivity contribution in [2.24, 2.45) is 7.05 Å². The summed E-state index contributed by atoms with van der Waals surface area (Å²) in [5, 5.41) is 15.8. The molecule has 0 amide bonds. The first-order chi connectivity index (χ1) is 15.8. The summed E-state index contributed by atoms with van der Waals surface area (Å²) in [6, 6.07) is 14.1. The first-order valence-electron chi connectivity index (χ1n) is 9.66. The minimum Gasteiger partial charge on any atom is -0.539 e. The largest absolute Gasteiger partial charge is 0.539 e. The van der Waals surface area contributed by atoms with Crippen molar-refractivity contribution in [3.05, 3.63) is 76.8 Å². The molecule has 0 spiro atoms. The smallest absolute Gasteiger partial charge is 0.305 e. The lowest BCUT2D eigenvalue weighted by Crippen LogP contribution is -2.37. The predicted molar refractivity (Wildman–Crippen MR) is 115 cm³/mol. The lowest BCUT2D eigenvalue weighted by Gasteiger charge is -2.10. The fraction of sp³-hybridized carbons (Fsp3) is 0.0435. The second-order valence-electron chi connectivity index (χ2n) is 7.23. The van der Waals surface area contributed by atoms with Gasteiger partial charge in [0.1, 0.15) is 21.3 Å². The fourth-order valence-electron chi connectivity index (χ4n) is 3.63. The van der Waals surface area contributed by atoms with Crippen LogP contribution in [0.2, 0.25) is 0 Å². The van der Waals surface area contributed by atoms with Crippen molar-refractivity contribution in [2.75, 3.05) is 5.73 Å². The highest BCUT2D eigenvalue weighted by Crippen LogP contribution is 2.42. The number of nitrogens with zero attached hydrogens (tertiary/aromatic N) is 3. The van der Waals surface area contributed by atoms with Crippen molar-refractivity contribution < 1.29 is 27.9 Å². The van der Waals surface area contributed by atoms with Gasteiger partial charge >= 0.3 is 5.69 Å². The van der Waals surface area contributed by atoms with Crippen molar-refractivity contribution in [3.63, 3.8) is 0 Å². The molecule has 33 heavy (non-hydrogen) atoms. The SMILES string of the molecule is C[n+]1noc([O-])c1C(=O)c1sc2nc(-c3ccccc3)cc(-c3ccc(F)cc3F)c2c1N. The molecule has 0 aliphatic rings.